The van der Waals surface area contributed by atoms with E-state index in [1.54, 1.807) is 19.3 Å². The summed E-state index contributed by atoms with van der Waals surface area (Å²) in [5.41, 5.74) is 2.61. The second-order valence-electron chi connectivity index (χ2n) is 7.30. The van der Waals surface area contributed by atoms with E-state index in [1.807, 2.05) is 13.1 Å². The monoisotopic (exact) mass is 380 g/mol. The number of rotatable bonds is 5. The molecule has 3 aromatic heterocycles. The molecule has 144 valence electrons. The summed E-state index contributed by atoms with van der Waals surface area (Å²) in [6, 6.07) is 5.32. The number of hydrogen-bond donors (Lipinski definition) is 0. The van der Waals surface area contributed by atoms with Crippen molar-refractivity contribution in [3.63, 3.8) is 0 Å². The fraction of sp³-hybridized carbons (Fsp3) is 0.333. The molecule has 0 unspecified atom stereocenters. The molecule has 1 fully saturated rings. The summed E-state index contributed by atoms with van der Waals surface area (Å²) < 4.78 is 21.1. The van der Waals surface area contributed by atoms with Crippen LogP contribution in [0.1, 0.15) is 29.4 Å². The van der Waals surface area contributed by atoms with Gasteiger partial charge in [-0.25, -0.2) is 9.37 Å². The Morgan fingerprint density at radius 1 is 1.25 bits per heavy atom. The number of halogens is 1. The Morgan fingerprint density at radius 3 is 2.79 bits per heavy atom. The van der Waals surface area contributed by atoms with Gasteiger partial charge in [-0.2, -0.15) is 4.98 Å². The van der Waals surface area contributed by atoms with Crippen LogP contribution in [0.25, 0.3) is 11.1 Å². The first kappa shape index (κ1) is 18.3. The molecule has 0 aromatic carbocycles. The molecule has 2 atom stereocenters. The van der Waals surface area contributed by atoms with Crippen LogP contribution in [-0.4, -0.2) is 26.1 Å². The van der Waals surface area contributed by atoms with E-state index in [0.29, 0.717) is 41.3 Å². The lowest BCUT2D eigenvalue weighted by Crippen LogP contribution is -2.19. The molecule has 28 heavy (non-hydrogen) atoms. The molecule has 0 amide bonds. The van der Waals surface area contributed by atoms with Gasteiger partial charge in [0.25, 0.3) is 5.56 Å². The molecular formula is C21H21FN4O2. The van der Waals surface area contributed by atoms with Crippen molar-refractivity contribution in [1.82, 2.24) is 19.5 Å². The molecule has 0 N–H and O–H groups in total. The molecule has 3 heterocycles. The predicted molar refractivity (Wildman–Crippen MR) is 103 cm³/mol. The molecule has 3 aromatic rings. The van der Waals surface area contributed by atoms with Crippen molar-refractivity contribution in [2.75, 3.05) is 6.61 Å². The van der Waals surface area contributed by atoms with Crippen LogP contribution in [0.5, 0.6) is 5.88 Å². The summed E-state index contributed by atoms with van der Waals surface area (Å²) in [7, 11) is 1.51. The zero-order chi connectivity index (χ0) is 19.8. The standard InChI is InChI=1S/C21H21FN4O2/c1-12-4-5-19(24-8-12)16-6-15(16)11-28-20-17(9-23-13(2)25-20)14-7-18(22)21(27)26(3)10-14/h4-5,7-10,15-16H,6,11H2,1-3H3/t15-,16+/m1/s1. The van der Waals surface area contributed by atoms with Gasteiger partial charge in [0.2, 0.25) is 5.88 Å². The summed E-state index contributed by atoms with van der Waals surface area (Å²) in [5.74, 6) is 0.904. The number of nitrogens with zero attached hydrogens (tertiary/aromatic N) is 4. The van der Waals surface area contributed by atoms with Gasteiger partial charge >= 0.3 is 0 Å². The van der Waals surface area contributed by atoms with E-state index in [-0.39, 0.29) is 0 Å². The van der Waals surface area contributed by atoms with Gasteiger partial charge in [-0.3, -0.25) is 9.78 Å². The Morgan fingerprint density at radius 2 is 2.07 bits per heavy atom. The lowest BCUT2D eigenvalue weighted by Gasteiger charge is -2.12. The van der Waals surface area contributed by atoms with E-state index in [9.17, 15) is 9.18 Å². The Kier molecular flexibility index (Phi) is 4.66. The second kappa shape index (κ2) is 7.14. The fourth-order valence-electron chi connectivity index (χ4n) is 3.25. The molecule has 1 saturated carbocycles. The average Bonchev–Trinajstić information content (AvgIpc) is 3.44. The summed E-state index contributed by atoms with van der Waals surface area (Å²) >= 11 is 0. The van der Waals surface area contributed by atoms with Crippen molar-refractivity contribution in [3.8, 4) is 17.0 Å². The normalized spacial score (nSPS) is 18.1. The minimum absolute atomic E-state index is 0.371. The quantitative estimate of drug-likeness (QED) is 0.680. The fourth-order valence-corrected chi connectivity index (χ4v) is 3.25. The Hall–Kier alpha value is -3.09. The van der Waals surface area contributed by atoms with E-state index in [4.69, 9.17) is 4.74 Å². The third-order valence-corrected chi connectivity index (χ3v) is 5.00. The van der Waals surface area contributed by atoms with Gasteiger partial charge in [-0.15, -0.1) is 0 Å². The Bertz CT molecular complexity index is 1050. The number of pyridine rings is 2. The molecule has 0 radical (unpaired) electrons. The van der Waals surface area contributed by atoms with Crippen LogP contribution >= 0.6 is 0 Å². The van der Waals surface area contributed by atoms with Crippen molar-refractivity contribution in [1.29, 1.82) is 0 Å². The summed E-state index contributed by atoms with van der Waals surface area (Å²) in [6.45, 7) is 4.29. The molecule has 6 nitrogen and oxygen atoms in total. The summed E-state index contributed by atoms with van der Waals surface area (Å²) in [5, 5.41) is 0. The number of hydrogen-bond acceptors (Lipinski definition) is 5. The van der Waals surface area contributed by atoms with E-state index in [2.05, 4.69) is 27.1 Å². The van der Waals surface area contributed by atoms with Crippen LogP contribution in [0.15, 0.2) is 41.6 Å². The van der Waals surface area contributed by atoms with Gasteiger partial charge in [-0.05, 0) is 38.0 Å². The zero-order valence-corrected chi connectivity index (χ0v) is 16.0. The highest BCUT2D eigenvalue weighted by molar-refractivity contribution is 5.66. The van der Waals surface area contributed by atoms with Gasteiger partial charge in [0, 0.05) is 48.7 Å². The smallest absolute Gasteiger partial charge is 0.286 e. The van der Waals surface area contributed by atoms with Crippen LogP contribution in [-0.2, 0) is 7.05 Å². The number of ether oxygens (including phenoxy) is 1. The van der Waals surface area contributed by atoms with E-state index in [0.717, 1.165) is 17.7 Å². The lowest BCUT2D eigenvalue weighted by molar-refractivity contribution is 0.285. The van der Waals surface area contributed by atoms with Crippen molar-refractivity contribution >= 4 is 0 Å². The van der Waals surface area contributed by atoms with Crippen LogP contribution in [0.3, 0.4) is 0 Å². The minimum Gasteiger partial charge on any atom is -0.477 e. The topological polar surface area (TPSA) is 69.9 Å². The first-order chi connectivity index (χ1) is 13.4. The highest BCUT2D eigenvalue weighted by atomic mass is 19.1. The van der Waals surface area contributed by atoms with Crippen molar-refractivity contribution < 1.29 is 9.13 Å². The number of aryl methyl sites for hydroxylation is 3. The summed E-state index contributed by atoms with van der Waals surface area (Å²) in [4.78, 5) is 24.7. The van der Waals surface area contributed by atoms with Crippen LogP contribution in [0.2, 0.25) is 0 Å². The lowest BCUT2D eigenvalue weighted by atomic mass is 10.1. The average molecular weight is 380 g/mol. The van der Waals surface area contributed by atoms with Crippen LogP contribution < -0.4 is 10.3 Å². The third kappa shape index (κ3) is 3.65. The maximum atomic E-state index is 13.9. The highest BCUT2D eigenvalue weighted by Crippen LogP contribution is 2.47. The maximum Gasteiger partial charge on any atom is 0.286 e. The van der Waals surface area contributed by atoms with Crippen molar-refractivity contribution in [2.24, 2.45) is 13.0 Å². The van der Waals surface area contributed by atoms with Crippen LogP contribution in [0.4, 0.5) is 4.39 Å². The van der Waals surface area contributed by atoms with Gasteiger partial charge in [0.1, 0.15) is 5.82 Å². The first-order valence-corrected chi connectivity index (χ1v) is 9.18. The molecule has 1 aliphatic rings. The van der Waals surface area contributed by atoms with Gasteiger partial charge in [0.05, 0.1) is 12.2 Å². The maximum absolute atomic E-state index is 13.9. The molecule has 0 bridgehead atoms. The second-order valence-corrected chi connectivity index (χ2v) is 7.30. The molecule has 0 aliphatic heterocycles. The van der Waals surface area contributed by atoms with Crippen LogP contribution in [0, 0.1) is 25.6 Å². The van der Waals surface area contributed by atoms with Gasteiger partial charge in [0.15, 0.2) is 5.82 Å². The van der Waals surface area contributed by atoms with Gasteiger partial charge < -0.3 is 9.30 Å². The molecule has 0 spiro atoms. The van der Waals surface area contributed by atoms with Crippen molar-refractivity contribution in [3.05, 3.63) is 70.0 Å². The van der Waals surface area contributed by atoms with Gasteiger partial charge in [-0.1, -0.05) is 6.07 Å². The molecule has 7 heteroatoms. The van der Waals surface area contributed by atoms with Crippen molar-refractivity contribution in [2.45, 2.75) is 26.2 Å². The highest BCUT2D eigenvalue weighted by Gasteiger charge is 2.40. The Labute approximate surface area is 162 Å². The molecule has 4 rings (SSSR count). The summed E-state index contributed by atoms with van der Waals surface area (Å²) in [6.07, 6.45) is 6.06. The molecule has 1 aliphatic carbocycles. The van der Waals surface area contributed by atoms with E-state index < -0.39 is 11.4 Å². The number of aromatic nitrogens is 4. The predicted octanol–water partition coefficient (Wildman–Crippen LogP) is 3.18. The third-order valence-electron chi connectivity index (χ3n) is 5.00. The zero-order valence-electron chi connectivity index (χ0n) is 16.0. The van der Waals surface area contributed by atoms with E-state index in [1.165, 1.54) is 17.7 Å². The molecule has 0 saturated heterocycles. The largest absolute Gasteiger partial charge is 0.477 e. The first-order valence-electron chi connectivity index (χ1n) is 9.18. The minimum atomic E-state index is -0.820. The van der Waals surface area contributed by atoms with E-state index >= 15 is 0 Å². The SMILES string of the molecule is Cc1ccc([C@H]2C[C@@H]2COc2nc(C)ncc2-c2cc(F)c(=O)n(C)c2)nc1. The molecular weight excluding hydrogens is 359 g/mol. The Balaban J connectivity index is 1.53.